The second-order valence-electron chi connectivity index (χ2n) is 9.74. The van der Waals surface area contributed by atoms with Crippen LogP contribution in [0.1, 0.15) is 39.0 Å². The minimum atomic E-state index is -4.75. The first-order chi connectivity index (χ1) is 18.5. The number of hydrogen-bond donors (Lipinski definition) is 0. The fourth-order valence-corrected chi connectivity index (χ4v) is 4.27. The zero-order valence-corrected chi connectivity index (χ0v) is 22.6. The SMILES string of the molecule is Cc1cc(-c2nc(-c3ccc(OC(F)(F)F)cc3)no2)nn1Cc1ccc(OCCN(C(C)C)C(C)C)cc1. The Balaban J connectivity index is 1.37. The highest BCUT2D eigenvalue weighted by atomic mass is 19.4. The topological polar surface area (TPSA) is 78.4 Å². The van der Waals surface area contributed by atoms with Crippen LogP contribution in [0.15, 0.2) is 59.1 Å². The van der Waals surface area contributed by atoms with Gasteiger partial charge in [0, 0.05) is 29.9 Å². The van der Waals surface area contributed by atoms with Crippen molar-refractivity contribution in [2.24, 2.45) is 0 Å². The summed E-state index contributed by atoms with van der Waals surface area (Å²) in [6.07, 6.45) is -4.75. The summed E-state index contributed by atoms with van der Waals surface area (Å²) in [4.78, 5) is 6.74. The van der Waals surface area contributed by atoms with Crippen LogP contribution >= 0.6 is 0 Å². The largest absolute Gasteiger partial charge is 0.573 e. The summed E-state index contributed by atoms with van der Waals surface area (Å²) in [6.45, 7) is 12.7. The van der Waals surface area contributed by atoms with E-state index in [0.717, 1.165) is 23.6 Å². The van der Waals surface area contributed by atoms with Crippen LogP contribution in [0.25, 0.3) is 23.0 Å². The van der Waals surface area contributed by atoms with E-state index in [1.165, 1.54) is 24.3 Å². The Kier molecular flexibility index (Phi) is 8.59. The zero-order chi connectivity index (χ0) is 28.2. The fourth-order valence-electron chi connectivity index (χ4n) is 4.27. The molecule has 4 rings (SSSR count). The van der Waals surface area contributed by atoms with Gasteiger partial charge < -0.3 is 14.0 Å². The van der Waals surface area contributed by atoms with E-state index in [2.05, 4.69) is 52.6 Å². The van der Waals surface area contributed by atoms with E-state index < -0.39 is 6.36 Å². The molecule has 39 heavy (non-hydrogen) atoms. The van der Waals surface area contributed by atoms with Crippen molar-refractivity contribution in [3.63, 3.8) is 0 Å². The highest BCUT2D eigenvalue weighted by Crippen LogP contribution is 2.27. The molecule has 0 N–H and O–H groups in total. The van der Waals surface area contributed by atoms with E-state index in [1.54, 1.807) is 0 Å². The van der Waals surface area contributed by atoms with Crippen molar-refractivity contribution >= 4 is 0 Å². The average molecular weight is 544 g/mol. The van der Waals surface area contributed by atoms with Crippen molar-refractivity contribution in [3.05, 3.63) is 65.9 Å². The summed E-state index contributed by atoms with van der Waals surface area (Å²) in [5.41, 5.74) is 2.95. The maximum absolute atomic E-state index is 12.4. The van der Waals surface area contributed by atoms with Crippen molar-refractivity contribution in [2.45, 2.75) is 59.6 Å². The maximum Gasteiger partial charge on any atom is 0.573 e. The molecule has 8 nitrogen and oxygen atoms in total. The predicted molar refractivity (Wildman–Crippen MR) is 140 cm³/mol. The predicted octanol–water partition coefficient (Wildman–Crippen LogP) is 6.35. The number of alkyl halides is 3. The molecule has 0 radical (unpaired) electrons. The number of halogens is 3. The lowest BCUT2D eigenvalue weighted by Gasteiger charge is -2.30. The molecule has 2 aromatic heterocycles. The van der Waals surface area contributed by atoms with Crippen molar-refractivity contribution < 1.29 is 27.2 Å². The summed E-state index contributed by atoms with van der Waals surface area (Å²) in [6, 6.07) is 15.9. The molecule has 0 spiro atoms. The van der Waals surface area contributed by atoms with Gasteiger partial charge in [-0.25, -0.2) is 0 Å². The molecule has 0 atom stereocenters. The molecular weight excluding hydrogens is 511 g/mol. The van der Waals surface area contributed by atoms with Crippen LogP contribution in [0.3, 0.4) is 0 Å². The second kappa shape index (κ2) is 11.9. The van der Waals surface area contributed by atoms with Crippen LogP contribution in [0.5, 0.6) is 11.5 Å². The van der Waals surface area contributed by atoms with E-state index in [4.69, 9.17) is 9.26 Å². The summed E-state index contributed by atoms with van der Waals surface area (Å²) in [5.74, 6) is 0.938. The maximum atomic E-state index is 12.4. The molecule has 0 amide bonds. The molecule has 0 bridgehead atoms. The standard InChI is InChI=1S/C28H32F3N5O3/c1-18(2)35(19(3)4)14-15-37-23-10-6-21(7-11-23)17-36-20(5)16-25(33-36)27-32-26(34-39-27)22-8-12-24(13-9-22)38-28(29,30)31/h6-13,16,18-19H,14-15,17H2,1-5H3. The van der Waals surface area contributed by atoms with Gasteiger partial charge in [-0.1, -0.05) is 17.3 Å². The van der Waals surface area contributed by atoms with E-state index in [9.17, 15) is 13.2 Å². The van der Waals surface area contributed by atoms with Gasteiger partial charge in [0.25, 0.3) is 5.89 Å². The highest BCUT2D eigenvalue weighted by Gasteiger charge is 2.31. The fraction of sp³-hybridized carbons (Fsp3) is 0.393. The quantitative estimate of drug-likeness (QED) is 0.218. The smallest absolute Gasteiger partial charge is 0.492 e. The highest BCUT2D eigenvalue weighted by molar-refractivity contribution is 5.59. The second-order valence-corrected chi connectivity index (χ2v) is 9.74. The van der Waals surface area contributed by atoms with Crippen LogP contribution < -0.4 is 9.47 Å². The van der Waals surface area contributed by atoms with Gasteiger partial charge in [-0.2, -0.15) is 10.1 Å². The number of aromatic nitrogens is 4. The van der Waals surface area contributed by atoms with Crippen molar-refractivity contribution in [1.82, 2.24) is 24.8 Å². The number of hydrogen-bond acceptors (Lipinski definition) is 7. The van der Waals surface area contributed by atoms with Crippen molar-refractivity contribution in [1.29, 1.82) is 0 Å². The van der Waals surface area contributed by atoms with Gasteiger partial charge in [0.15, 0.2) is 5.69 Å². The molecule has 208 valence electrons. The monoisotopic (exact) mass is 543 g/mol. The van der Waals surface area contributed by atoms with E-state index in [0.29, 0.717) is 36.5 Å². The van der Waals surface area contributed by atoms with Gasteiger partial charge in [0.2, 0.25) is 5.82 Å². The number of aryl methyl sites for hydroxylation is 1. The first-order valence-electron chi connectivity index (χ1n) is 12.7. The molecule has 0 unspecified atom stereocenters. The van der Waals surface area contributed by atoms with Crippen molar-refractivity contribution in [3.8, 4) is 34.5 Å². The Labute approximate surface area is 225 Å². The Morgan fingerprint density at radius 1 is 0.949 bits per heavy atom. The summed E-state index contributed by atoms with van der Waals surface area (Å²) in [5, 5.41) is 8.54. The third kappa shape index (κ3) is 7.60. The van der Waals surface area contributed by atoms with Crippen molar-refractivity contribution in [2.75, 3.05) is 13.2 Å². The summed E-state index contributed by atoms with van der Waals surface area (Å²) in [7, 11) is 0. The third-order valence-corrected chi connectivity index (χ3v) is 6.17. The molecule has 0 saturated heterocycles. The minimum absolute atomic E-state index is 0.211. The van der Waals surface area contributed by atoms with Crippen LogP contribution in [-0.2, 0) is 6.54 Å². The average Bonchev–Trinajstić information content (AvgIpc) is 3.49. The van der Waals surface area contributed by atoms with Crippen LogP contribution in [0.4, 0.5) is 13.2 Å². The molecule has 2 aromatic carbocycles. The van der Waals surface area contributed by atoms with E-state index in [-0.39, 0.29) is 17.5 Å². The van der Waals surface area contributed by atoms with Gasteiger partial charge >= 0.3 is 6.36 Å². The molecule has 0 aliphatic heterocycles. The number of ether oxygens (including phenoxy) is 2. The minimum Gasteiger partial charge on any atom is -0.492 e. The van der Waals surface area contributed by atoms with E-state index in [1.807, 2.05) is 41.9 Å². The van der Waals surface area contributed by atoms with Gasteiger partial charge in [0.05, 0.1) is 6.54 Å². The molecule has 4 aromatic rings. The number of benzene rings is 2. The number of rotatable bonds is 11. The summed E-state index contributed by atoms with van der Waals surface area (Å²) >= 11 is 0. The molecule has 2 heterocycles. The number of nitrogens with zero attached hydrogens (tertiary/aromatic N) is 5. The lowest BCUT2D eigenvalue weighted by molar-refractivity contribution is -0.274. The molecule has 0 aliphatic rings. The summed E-state index contributed by atoms with van der Waals surface area (Å²) < 4.78 is 54.2. The lowest BCUT2D eigenvalue weighted by Crippen LogP contribution is -2.39. The van der Waals surface area contributed by atoms with Gasteiger partial charge in [-0.05, 0) is 82.6 Å². The Hall–Kier alpha value is -3.86. The normalized spacial score (nSPS) is 12.1. The molecular formula is C28H32F3N5O3. The zero-order valence-electron chi connectivity index (χ0n) is 22.6. The Bertz CT molecular complexity index is 1340. The van der Waals surface area contributed by atoms with E-state index >= 15 is 0 Å². The lowest BCUT2D eigenvalue weighted by atomic mass is 10.2. The van der Waals surface area contributed by atoms with Gasteiger partial charge in [-0.3, -0.25) is 9.58 Å². The van der Waals surface area contributed by atoms with Gasteiger partial charge in [0.1, 0.15) is 18.1 Å². The van der Waals surface area contributed by atoms with Crippen LogP contribution in [0.2, 0.25) is 0 Å². The van der Waals surface area contributed by atoms with Gasteiger partial charge in [-0.15, -0.1) is 13.2 Å². The first-order valence-corrected chi connectivity index (χ1v) is 12.7. The molecule has 0 aliphatic carbocycles. The first kappa shape index (κ1) is 28.2. The van der Waals surface area contributed by atoms with Crippen LogP contribution in [-0.4, -0.2) is 56.4 Å². The molecule has 0 saturated carbocycles. The molecule has 0 fully saturated rings. The third-order valence-electron chi connectivity index (χ3n) is 6.17. The Morgan fingerprint density at radius 2 is 1.59 bits per heavy atom. The Morgan fingerprint density at radius 3 is 2.21 bits per heavy atom. The van der Waals surface area contributed by atoms with Crippen LogP contribution in [0, 0.1) is 6.92 Å². The molecule has 11 heteroatoms.